The summed E-state index contributed by atoms with van der Waals surface area (Å²) in [5.41, 5.74) is 2.25. The first-order chi connectivity index (χ1) is 17.6. The van der Waals surface area contributed by atoms with Crippen LogP contribution < -0.4 is 4.74 Å². The van der Waals surface area contributed by atoms with Crippen molar-refractivity contribution in [1.29, 1.82) is 0 Å². The number of benzene rings is 2. The zero-order valence-corrected chi connectivity index (χ0v) is 23.3. The van der Waals surface area contributed by atoms with Crippen molar-refractivity contribution in [2.45, 2.75) is 44.2 Å². The van der Waals surface area contributed by atoms with Crippen molar-refractivity contribution in [1.82, 2.24) is 14.5 Å². The number of carbonyl (C=O) groups excluding carboxylic acids is 1. The highest BCUT2D eigenvalue weighted by molar-refractivity contribution is 7.91. The summed E-state index contributed by atoms with van der Waals surface area (Å²) < 4.78 is 38.2. The number of sulfone groups is 1. The molecule has 37 heavy (non-hydrogen) atoms. The van der Waals surface area contributed by atoms with Crippen LogP contribution in [0.3, 0.4) is 0 Å². The SMILES string of the molecule is CCS(=O)(=O)c1ccc(Oc2cc(C=O)c3nc(-c4ccccn4)n(COCC[Si](C)(C)C)c3c2)cc1. The van der Waals surface area contributed by atoms with E-state index in [1.54, 1.807) is 37.4 Å². The molecule has 0 bridgehead atoms. The molecule has 0 unspecified atom stereocenters. The van der Waals surface area contributed by atoms with Gasteiger partial charge in [-0.2, -0.15) is 0 Å². The van der Waals surface area contributed by atoms with Gasteiger partial charge in [-0.25, -0.2) is 13.4 Å². The van der Waals surface area contributed by atoms with Gasteiger partial charge in [-0.1, -0.05) is 32.6 Å². The highest BCUT2D eigenvalue weighted by Gasteiger charge is 2.19. The fraction of sp³-hybridized carbons (Fsp3) is 0.296. The van der Waals surface area contributed by atoms with Crippen molar-refractivity contribution in [3.05, 3.63) is 66.4 Å². The minimum atomic E-state index is -3.31. The Morgan fingerprint density at radius 1 is 1.03 bits per heavy atom. The summed E-state index contributed by atoms with van der Waals surface area (Å²) in [7, 11) is -4.57. The van der Waals surface area contributed by atoms with E-state index in [0.717, 1.165) is 12.3 Å². The van der Waals surface area contributed by atoms with Crippen LogP contribution in [0.25, 0.3) is 22.6 Å². The number of ether oxygens (including phenoxy) is 2. The Hall–Kier alpha value is -3.34. The molecule has 4 aromatic rings. The number of hydrogen-bond donors (Lipinski definition) is 0. The molecule has 0 amide bonds. The van der Waals surface area contributed by atoms with Crippen LogP contribution in [-0.2, 0) is 21.3 Å². The Balaban J connectivity index is 1.73. The van der Waals surface area contributed by atoms with Gasteiger partial charge in [-0.15, -0.1) is 0 Å². The number of aldehydes is 1. The average Bonchev–Trinajstić information content (AvgIpc) is 3.25. The minimum Gasteiger partial charge on any atom is -0.457 e. The third-order valence-corrected chi connectivity index (χ3v) is 9.35. The summed E-state index contributed by atoms with van der Waals surface area (Å²) in [6.45, 7) is 9.37. The second kappa shape index (κ2) is 11.0. The molecular formula is C27H31N3O5SSi. The molecule has 0 aliphatic carbocycles. The van der Waals surface area contributed by atoms with Gasteiger partial charge in [-0.05, 0) is 48.5 Å². The molecular weight excluding hydrogens is 506 g/mol. The van der Waals surface area contributed by atoms with E-state index >= 15 is 0 Å². The predicted octanol–water partition coefficient (Wildman–Crippen LogP) is 5.81. The van der Waals surface area contributed by atoms with E-state index < -0.39 is 17.9 Å². The number of rotatable bonds is 11. The van der Waals surface area contributed by atoms with E-state index in [-0.39, 0.29) is 17.4 Å². The normalized spacial score (nSPS) is 12.1. The van der Waals surface area contributed by atoms with Crippen molar-refractivity contribution < 1.29 is 22.7 Å². The topological polar surface area (TPSA) is 100 Å². The predicted molar refractivity (Wildman–Crippen MR) is 147 cm³/mol. The van der Waals surface area contributed by atoms with Gasteiger partial charge in [0.1, 0.15) is 29.4 Å². The lowest BCUT2D eigenvalue weighted by molar-refractivity contribution is 0.0909. The molecule has 0 saturated heterocycles. The maximum Gasteiger partial charge on any atom is 0.178 e. The van der Waals surface area contributed by atoms with Crippen LogP contribution in [0.5, 0.6) is 11.5 Å². The molecule has 2 aromatic carbocycles. The maximum absolute atomic E-state index is 12.1. The third-order valence-electron chi connectivity index (χ3n) is 5.89. The van der Waals surface area contributed by atoms with Gasteiger partial charge in [0, 0.05) is 32.5 Å². The lowest BCUT2D eigenvalue weighted by atomic mass is 10.2. The van der Waals surface area contributed by atoms with E-state index in [1.807, 2.05) is 22.8 Å². The summed E-state index contributed by atoms with van der Waals surface area (Å²) in [5, 5.41) is 0. The molecule has 8 nitrogen and oxygen atoms in total. The Bertz CT molecular complexity index is 1500. The summed E-state index contributed by atoms with van der Waals surface area (Å²) in [6, 6.07) is 16.3. The van der Waals surface area contributed by atoms with Crippen LogP contribution in [0.4, 0.5) is 0 Å². The lowest BCUT2D eigenvalue weighted by Gasteiger charge is -2.16. The smallest absolute Gasteiger partial charge is 0.178 e. The highest BCUT2D eigenvalue weighted by atomic mass is 32.2. The molecule has 2 aromatic heterocycles. The quantitative estimate of drug-likeness (QED) is 0.135. The summed E-state index contributed by atoms with van der Waals surface area (Å²) in [4.78, 5) is 21.5. The van der Waals surface area contributed by atoms with E-state index in [4.69, 9.17) is 14.5 Å². The van der Waals surface area contributed by atoms with Crippen molar-refractivity contribution in [2.75, 3.05) is 12.4 Å². The first-order valence-corrected chi connectivity index (χ1v) is 17.5. The minimum absolute atomic E-state index is 0.0230. The summed E-state index contributed by atoms with van der Waals surface area (Å²) >= 11 is 0. The standard InChI is InChI=1S/C27H31N3O5SSi/c1-5-36(32,33)23-11-9-21(10-12-23)35-22-16-20(18-31)26-25(17-22)30(19-34-14-15-37(2,3)4)27(29-26)24-8-6-7-13-28-24/h6-13,16-18H,5,14-15,19H2,1-4H3. The highest BCUT2D eigenvalue weighted by Crippen LogP contribution is 2.32. The number of carbonyl (C=O) groups is 1. The first kappa shape index (κ1) is 26.7. The van der Waals surface area contributed by atoms with Crippen molar-refractivity contribution >= 4 is 35.2 Å². The molecule has 0 radical (unpaired) electrons. The van der Waals surface area contributed by atoms with E-state index in [9.17, 15) is 13.2 Å². The van der Waals surface area contributed by atoms with Gasteiger partial charge in [-0.3, -0.25) is 14.3 Å². The first-order valence-electron chi connectivity index (χ1n) is 12.1. The summed E-state index contributed by atoms with van der Waals surface area (Å²) in [6.07, 6.45) is 2.44. The molecule has 0 aliphatic heterocycles. The fourth-order valence-corrected chi connectivity index (χ4v) is 5.38. The van der Waals surface area contributed by atoms with Gasteiger partial charge >= 0.3 is 0 Å². The Kier molecular flexibility index (Phi) is 7.91. The van der Waals surface area contributed by atoms with Crippen LogP contribution in [0, 0.1) is 0 Å². The molecule has 0 saturated carbocycles. The largest absolute Gasteiger partial charge is 0.457 e. The molecule has 0 spiro atoms. The van der Waals surface area contributed by atoms with Crippen LogP contribution in [-0.4, -0.2) is 49.7 Å². The van der Waals surface area contributed by atoms with Crippen LogP contribution in [0.2, 0.25) is 25.7 Å². The number of aromatic nitrogens is 3. The van der Waals surface area contributed by atoms with Crippen LogP contribution in [0.1, 0.15) is 17.3 Å². The molecule has 0 atom stereocenters. The van der Waals surface area contributed by atoms with E-state index in [0.29, 0.717) is 46.2 Å². The lowest BCUT2D eigenvalue weighted by Crippen LogP contribution is -2.22. The van der Waals surface area contributed by atoms with Crippen LogP contribution >= 0.6 is 0 Å². The van der Waals surface area contributed by atoms with Crippen molar-refractivity contribution in [3.8, 4) is 23.0 Å². The average molecular weight is 538 g/mol. The van der Waals surface area contributed by atoms with Gasteiger partial charge in [0.2, 0.25) is 0 Å². The summed E-state index contributed by atoms with van der Waals surface area (Å²) in [5.74, 6) is 1.50. The second-order valence-corrected chi connectivity index (χ2v) is 17.8. The number of hydrogen-bond acceptors (Lipinski definition) is 7. The molecule has 10 heteroatoms. The number of fused-ring (bicyclic) bond motifs is 1. The molecule has 0 aliphatic rings. The van der Waals surface area contributed by atoms with E-state index in [2.05, 4.69) is 24.6 Å². The van der Waals surface area contributed by atoms with Crippen molar-refractivity contribution in [2.24, 2.45) is 0 Å². The van der Waals surface area contributed by atoms with Gasteiger partial charge < -0.3 is 9.47 Å². The Labute approximate surface area is 218 Å². The third kappa shape index (κ3) is 6.33. The van der Waals surface area contributed by atoms with Crippen molar-refractivity contribution in [3.63, 3.8) is 0 Å². The Morgan fingerprint density at radius 2 is 1.78 bits per heavy atom. The zero-order valence-electron chi connectivity index (χ0n) is 21.5. The maximum atomic E-state index is 12.1. The van der Waals surface area contributed by atoms with Crippen LogP contribution in [0.15, 0.2) is 65.7 Å². The molecule has 194 valence electrons. The van der Waals surface area contributed by atoms with E-state index in [1.165, 1.54) is 12.1 Å². The number of imidazole rings is 1. The number of pyridine rings is 1. The molecule has 0 N–H and O–H groups in total. The van der Waals surface area contributed by atoms with Gasteiger partial charge in [0.15, 0.2) is 21.9 Å². The fourth-order valence-electron chi connectivity index (χ4n) is 3.74. The number of nitrogens with zero attached hydrogens (tertiary/aromatic N) is 3. The monoisotopic (exact) mass is 537 g/mol. The van der Waals surface area contributed by atoms with Gasteiger partial charge in [0.25, 0.3) is 0 Å². The molecule has 0 fully saturated rings. The molecule has 4 rings (SSSR count). The van der Waals surface area contributed by atoms with Gasteiger partial charge in [0.05, 0.1) is 16.2 Å². The zero-order chi connectivity index (χ0) is 26.6. The second-order valence-electron chi connectivity index (χ2n) is 9.90. The Morgan fingerprint density at radius 3 is 2.41 bits per heavy atom. The molecule has 2 heterocycles.